The van der Waals surface area contributed by atoms with Gasteiger partial charge in [0.05, 0.1) is 7.11 Å². The molecule has 114 valence electrons. The third kappa shape index (κ3) is 5.91. The van der Waals surface area contributed by atoms with Gasteiger partial charge in [0.1, 0.15) is 0 Å². The zero-order valence-corrected chi connectivity index (χ0v) is 13.4. The van der Waals surface area contributed by atoms with E-state index in [1.54, 1.807) is 12.1 Å². The highest BCUT2D eigenvalue weighted by atomic mass is 19.1. The Hall–Kier alpha value is -1.09. The number of hydrogen-bond donors (Lipinski definition) is 1. The second-order valence-corrected chi connectivity index (χ2v) is 6.59. The van der Waals surface area contributed by atoms with E-state index in [4.69, 9.17) is 4.74 Å². The van der Waals surface area contributed by atoms with Crippen molar-refractivity contribution in [3.05, 3.63) is 29.6 Å². The zero-order chi connectivity index (χ0) is 15.2. The Morgan fingerprint density at radius 1 is 1.30 bits per heavy atom. The first-order chi connectivity index (χ1) is 9.35. The van der Waals surface area contributed by atoms with E-state index in [-0.39, 0.29) is 11.2 Å². The highest BCUT2D eigenvalue weighted by molar-refractivity contribution is 5.29. The number of halogens is 1. The van der Waals surface area contributed by atoms with Gasteiger partial charge in [0, 0.05) is 6.04 Å². The van der Waals surface area contributed by atoms with Crippen LogP contribution in [0.15, 0.2) is 18.2 Å². The van der Waals surface area contributed by atoms with Crippen LogP contribution in [0.2, 0.25) is 0 Å². The Morgan fingerprint density at radius 2 is 2.00 bits per heavy atom. The van der Waals surface area contributed by atoms with Gasteiger partial charge in [-0.05, 0) is 48.9 Å². The van der Waals surface area contributed by atoms with Gasteiger partial charge in [-0.25, -0.2) is 4.39 Å². The van der Waals surface area contributed by atoms with Gasteiger partial charge in [0.25, 0.3) is 0 Å². The zero-order valence-electron chi connectivity index (χ0n) is 13.4. The fourth-order valence-corrected chi connectivity index (χ4v) is 2.43. The number of benzene rings is 1. The van der Waals surface area contributed by atoms with Crippen molar-refractivity contribution in [3.63, 3.8) is 0 Å². The van der Waals surface area contributed by atoms with Gasteiger partial charge in [-0.15, -0.1) is 0 Å². The van der Waals surface area contributed by atoms with Crippen molar-refractivity contribution in [1.82, 2.24) is 5.32 Å². The molecule has 1 unspecified atom stereocenters. The summed E-state index contributed by atoms with van der Waals surface area (Å²) in [6.45, 7) is 9.88. The second kappa shape index (κ2) is 7.63. The molecule has 0 aliphatic heterocycles. The summed E-state index contributed by atoms with van der Waals surface area (Å²) in [6.07, 6.45) is 3.02. The molecule has 2 nitrogen and oxygen atoms in total. The van der Waals surface area contributed by atoms with E-state index >= 15 is 0 Å². The summed E-state index contributed by atoms with van der Waals surface area (Å²) in [5, 5.41) is 3.57. The second-order valence-electron chi connectivity index (χ2n) is 6.59. The molecule has 0 radical (unpaired) electrons. The molecule has 0 heterocycles. The Morgan fingerprint density at radius 3 is 2.50 bits per heavy atom. The maximum Gasteiger partial charge on any atom is 0.165 e. The molecule has 20 heavy (non-hydrogen) atoms. The van der Waals surface area contributed by atoms with E-state index in [1.807, 2.05) is 6.07 Å². The molecular weight excluding hydrogens is 253 g/mol. The summed E-state index contributed by atoms with van der Waals surface area (Å²) in [5.41, 5.74) is 1.28. The van der Waals surface area contributed by atoms with Crippen LogP contribution >= 0.6 is 0 Å². The molecule has 0 fully saturated rings. The van der Waals surface area contributed by atoms with E-state index in [0.29, 0.717) is 11.8 Å². The van der Waals surface area contributed by atoms with Gasteiger partial charge >= 0.3 is 0 Å². The van der Waals surface area contributed by atoms with Crippen molar-refractivity contribution in [3.8, 4) is 5.75 Å². The molecule has 0 aliphatic carbocycles. The number of nitrogens with one attached hydrogen (secondary N) is 1. The van der Waals surface area contributed by atoms with Gasteiger partial charge in [0.15, 0.2) is 11.6 Å². The molecule has 1 aromatic carbocycles. The topological polar surface area (TPSA) is 21.3 Å². The van der Waals surface area contributed by atoms with Crippen LogP contribution in [0, 0.1) is 11.2 Å². The number of methoxy groups -OCH3 is 1. The Labute approximate surface area is 122 Å². The standard InChI is InChI=1S/C17H28FNO/c1-6-9-19-14(12-17(2,3)4)10-13-7-8-16(20-5)15(18)11-13/h7-8,11,14,19H,6,9-10,12H2,1-5H3. The monoisotopic (exact) mass is 281 g/mol. The predicted molar refractivity (Wildman–Crippen MR) is 82.8 cm³/mol. The Kier molecular flexibility index (Phi) is 6.47. The number of rotatable bonds is 7. The van der Waals surface area contributed by atoms with Crippen LogP contribution in [-0.4, -0.2) is 19.7 Å². The van der Waals surface area contributed by atoms with Crippen molar-refractivity contribution >= 4 is 0 Å². The van der Waals surface area contributed by atoms with Gasteiger partial charge in [-0.2, -0.15) is 0 Å². The van der Waals surface area contributed by atoms with Crippen LogP contribution in [0.3, 0.4) is 0 Å². The highest BCUT2D eigenvalue weighted by Crippen LogP contribution is 2.24. The average Bonchev–Trinajstić information content (AvgIpc) is 2.34. The number of hydrogen-bond acceptors (Lipinski definition) is 2. The average molecular weight is 281 g/mol. The number of ether oxygens (including phenoxy) is 1. The SMILES string of the molecule is CCCNC(Cc1ccc(OC)c(F)c1)CC(C)(C)C. The molecule has 1 aromatic rings. The van der Waals surface area contributed by atoms with E-state index in [1.165, 1.54) is 7.11 Å². The quantitative estimate of drug-likeness (QED) is 0.809. The summed E-state index contributed by atoms with van der Waals surface area (Å²) < 4.78 is 18.7. The van der Waals surface area contributed by atoms with Crippen molar-refractivity contribution in [1.29, 1.82) is 0 Å². The molecule has 0 aliphatic rings. The van der Waals surface area contributed by atoms with Crippen molar-refractivity contribution in [2.45, 2.75) is 53.0 Å². The van der Waals surface area contributed by atoms with Crippen LogP contribution in [0.5, 0.6) is 5.75 Å². The molecule has 0 aromatic heterocycles. The minimum absolute atomic E-state index is 0.260. The third-order valence-corrected chi connectivity index (χ3v) is 3.24. The normalized spacial score (nSPS) is 13.3. The summed E-state index contributed by atoms with van der Waals surface area (Å²) >= 11 is 0. The maximum absolute atomic E-state index is 13.7. The summed E-state index contributed by atoms with van der Waals surface area (Å²) in [4.78, 5) is 0. The first-order valence-corrected chi connectivity index (χ1v) is 7.41. The third-order valence-electron chi connectivity index (χ3n) is 3.24. The van der Waals surface area contributed by atoms with E-state index in [0.717, 1.165) is 31.4 Å². The van der Waals surface area contributed by atoms with Gasteiger partial charge in [-0.1, -0.05) is 33.8 Å². The van der Waals surface area contributed by atoms with Crippen LogP contribution in [-0.2, 0) is 6.42 Å². The first kappa shape index (κ1) is 17.0. The minimum atomic E-state index is -0.282. The molecule has 0 bridgehead atoms. The summed E-state index contributed by atoms with van der Waals surface area (Å²) in [6, 6.07) is 5.62. The molecular formula is C17H28FNO. The van der Waals surface area contributed by atoms with Gasteiger partial charge < -0.3 is 10.1 Å². The van der Waals surface area contributed by atoms with Crippen molar-refractivity contribution in [2.24, 2.45) is 5.41 Å². The molecule has 1 rings (SSSR count). The van der Waals surface area contributed by atoms with Crippen LogP contribution < -0.4 is 10.1 Å². The smallest absolute Gasteiger partial charge is 0.165 e. The predicted octanol–water partition coefficient (Wildman–Crippen LogP) is 4.18. The fourth-order valence-electron chi connectivity index (χ4n) is 2.43. The molecule has 0 saturated carbocycles. The molecule has 0 amide bonds. The lowest BCUT2D eigenvalue weighted by molar-refractivity contribution is 0.306. The molecule has 0 spiro atoms. The summed E-state index contributed by atoms with van der Waals surface area (Å²) in [7, 11) is 1.49. The van der Waals surface area contributed by atoms with Crippen LogP contribution in [0.4, 0.5) is 4.39 Å². The maximum atomic E-state index is 13.7. The largest absolute Gasteiger partial charge is 0.494 e. The van der Waals surface area contributed by atoms with Gasteiger partial charge in [-0.3, -0.25) is 0 Å². The molecule has 1 atom stereocenters. The Bertz CT molecular complexity index is 412. The lowest BCUT2D eigenvalue weighted by Crippen LogP contribution is -2.35. The molecule has 1 N–H and O–H groups in total. The van der Waals surface area contributed by atoms with Crippen LogP contribution in [0.1, 0.15) is 46.1 Å². The first-order valence-electron chi connectivity index (χ1n) is 7.41. The van der Waals surface area contributed by atoms with E-state index < -0.39 is 0 Å². The minimum Gasteiger partial charge on any atom is -0.494 e. The van der Waals surface area contributed by atoms with E-state index in [9.17, 15) is 4.39 Å². The van der Waals surface area contributed by atoms with Gasteiger partial charge in [0.2, 0.25) is 0 Å². The molecule has 3 heteroatoms. The molecule has 0 saturated heterocycles. The lowest BCUT2D eigenvalue weighted by atomic mass is 9.86. The van der Waals surface area contributed by atoms with Crippen LogP contribution in [0.25, 0.3) is 0 Å². The summed E-state index contributed by atoms with van der Waals surface area (Å²) in [5.74, 6) is 0.0256. The van der Waals surface area contributed by atoms with Crippen molar-refractivity contribution in [2.75, 3.05) is 13.7 Å². The Balaban J connectivity index is 2.75. The lowest BCUT2D eigenvalue weighted by Gasteiger charge is -2.27. The van der Waals surface area contributed by atoms with Crippen molar-refractivity contribution < 1.29 is 9.13 Å². The van der Waals surface area contributed by atoms with E-state index in [2.05, 4.69) is 33.0 Å². The highest BCUT2D eigenvalue weighted by Gasteiger charge is 2.19. The fraction of sp³-hybridized carbons (Fsp3) is 0.647.